The Morgan fingerprint density at radius 1 is 0.826 bits per heavy atom. The molecule has 0 saturated carbocycles. The van der Waals surface area contributed by atoms with Gasteiger partial charge in [-0.2, -0.15) is 0 Å². The molecule has 0 unspecified atom stereocenters. The molecular formula is C16H33N3O4. The number of carbonyl (C=O) groups excluding carboxylic acids is 2. The lowest BCUT2D eigenvalue weighted by Crippen LogP contribution is -2.41. The number of carbonyl (C=O) groups is 2. The number of nitrogens with zero attached hydrogens (tertiary/aromatic N) is 1. The lowest BCUT2D eigenvalue weighted by atomic mass is 10.2. The molecule has 2 N–H and O–H groups in total. The third-order valence-electron chi connectivity index (χ3n) is 2.64. The van der Waals surface area contributed by atoms with Crippen LogP contribution in [0, 0.1) is 0 Å². The monoisotopic (exact) mass is 331 g/mol. The van der Waals surface area contributed by atoms with Crippen LogP contribution in [0.15, 0.2) is 0 Å². The van der Waals surface area contributed by atoms with E-state index in [0.29, 0.717) is 26.2 Å². The molecule has 0 aliphatic heterocycles. The molecule has 23 heavy (non-hydrogen) atoms. The van der Waals surface area contributed by atoms with Crippen molar-refractivity contribution in [1.29, 1.82) is 0 Å². The molecule has 0 aromatic rings. The standard InChI is InChI=1S/C16H33N3O4/c1-8-19(11-9-17-13(20)22-15(2,3)4)12-10-18-14(21)23-16(5,6)7/h8-12H2,1-7H3,(H,17,20)(H,18,21). The Bertz CT molecular complexity index is 339. The molecule has 0 aliphatic rings. The molecule has 2 amide bonds. The van der Waals surface area contributed by atoms with Crippen molar-refractivity contribution in [3.05, 3.63) is 0 Å². The van der Waals surface area contributed by atoms with E-state index in [1.807, 2.05) is 48.5 Å². The minimum atomic E-state index is -0.494. The molecule has 0 aromatic heterocycles. The maximum Gasteiger partial charge on any atom is 0.407 e. The van der Waals surface area contributed by atoms with Gasteiger partial charge in [0, 0.05) is 26.2 Å². The Labute approximate surface area is 140 Å². The molecular weight excluding hydrogens is 298 g/mol. The summed E-state index contributed by atoms with van der Waals surface area (Å²) in [4.78, 5) is 25.2. The fourth-order valence-corrected chi connectivity index (χ4v) is 1.69. The van der Waals surface area contributed by atoms with E-state index in [4.69, 9.17) is 9.47 Å². The van der Waals surface area contributed by atoms with Crippen LogP contribution >= 0.6 is 0 Å². The second kappa shape index (κ2) is 9.60. The van der Waals surface area contributed by atoms with Crippen molar-refractivity contribution in [2.24, 2.45) is 0 Å². The summed E-state index contributed by atoms with van der Waals surface area (Å²) in [6, 6.07) is 0. The van der Waals surface area contributed by atoms with Crippen molar-refractivity contribution in [1.82, 2.24) is 15.5 Å². The third-order valence-corrected chi connectivity index (χ3v) is 2.64. The van der Waals surface area contributed by atoms with Gasteiger partial charge in [0.25, 0.3) is 0 Å². The topological polar surface area (TPSA) is 79.9 Å². The van der Waals surface area contributed by atoms with Crippen molar-refractivity contribution in [3.63, 3.8) is 0 Å². The highest BCUT2D eigenvalue weighted by atomic mass is 16.6. The Kier molecular flexibility index (Phi) is 8.97. The van der Waals surface area contributed by atoms with Crippen LogP contribution in [-0.4, -0.2) is 61.0 Å². The van der Waals surface area contributed by atoms with E-state index >= 15 is 0 Å². The van der Waals surface area contributed by atoms with Gasteiger partial charge in [0.15, 0.2) is 0 Å². The number of hydrogen-bond acceptors (Lipinski definition) is 5. The lowest BCUT2D eigenvalue weighted by Gasteiger charge is -2.23. The van der Waals surface area contributed by atoms with Crippen LogP contribution in [0.1, 0.15) is 48.5 Å². The molecule has 0 heterocycles. The Morgan fingerprint density at radius 3 is 1.43 bits per heavy atom. The first-order valence-electron chi connectivity index (χ1n) is 8.09. The maximum atomic E-state index is 11.5. The van der Waals surface area contributed by atoms with E-state index in [9.17, 15) is 9.59 Å². The van der Waals surface area contributed by atoms with E-state index in [0.717, 1.165) is 6.54 Å². The van der Waals surface area contributed by atoms with Crippen molar-refractivity contribution in [2.45, 2.75) is 59.7 Å². The molecule has 0 bridgehead atoms. The predicted octanol–water partition coefficient (Wildman–Crippen LogP) is 2.36. The number of alkyl carbamates (subject to hydrolysis) is 2. The third kappa shape index (κ3) is 13.9. The predicted molar refractivity (Wildman–Crippen MR) is 90.6 cm³/mol. The highest BCUT2D eigenvalue weighted by Crippen LogP contribution is 2.06. The molecule has 0 spiro atoms. The van der Waals surface area contributed by atoms with Crippen LogP contribution in [0.4, 0.5) is 9.59 Å². The van der Waals surface area contributed by atoms with Gasteiger partial charge in [-0.05, 0) is 48.1 Å². The van der Waals surface area contributed by atoms with Crippen molar-refractivity contribution >= 4 is 12.2 Å². The number of hydrogen-bond donors (Lipinski definition) is 2. The average molecular weight is 331 g/mol. The van der Waals surface area contributed by atoms with E-state index in [2.05, 4.69) is 15.5 Å². The Morgan fingerprint density at radius 2 is 1.17 bits per heavy atom. The molecule has 7 nitrogen and oxygen atoms in total. The van der Waals surface area contributed by atoms with Crippen molar-refractivity contribution < 1.29 is 19.1 Å². The summed E-state index contributed by atoms with van der Waals surface area (Å²) < 4.78 is 10.3. The molecule has 0 aliphatic carbocycles. The van der Waals surface area contributed by atoms with Gasteiger partial charge in [-0.15, -0.1) is 0 Å². The van der Waals surface area contributed by atoms with Gasteiger partial charge < -0.3 is 25.0 Å². The second-order valence-corrected chi connectivity index (χ2v) is 7.29. The number of nitrogens with one attached hydrogen (secondary N) is 2. The van der Waals surface area contributed by atoms with Crippen LogP contribution < -0.4 is 10.6 Å². The highest BCUT2D eigenvalue weighted by molar-refractivity contribution is 5.68. The summed E-state index contributed by atoms with van der Waals surface area (Å²) in [5.74, 6) is 0. The summed E-state index contributed by atoms with van der Waals surface area (Å²) >= 11 is 0. The summed E-state index contributed by atoms with van der Waals surface area (Å²) in [5.41, 5.74) is -0.988. The number of amides is 2. The molecule has 0 rings (SSSR count). The van der Waals surface area contributed by atoms with E-state index in [-0.39, 0.29) is 0 Å². The van der Waals surface area contributed by atoms with Crippen LogP contribution in [0.2, 0.25) is 0 Å². The molecule has 0 saturated heterocycles. The normalized spacial score (nSPS) is 12.0. The van der Waals surface area contributed by atoms with Gasteiger partial charge in [-0.1, -0.05) is 6.92 Å². The minimum Gasteiger partial charge on any atom is -0.444 e. The van der Waals surface area contributed by atoms with Gasteiger partial charge >= 0.3 is 12.2 Å². The van der Waals surface area contributed by atoms with E-state index in [1.165, 1.54) is 0 Å². The number of likely N-dealkylation sites (N-methyl/N-ethyl adjacent to an activating group) is 1. The van der Waals surface area contributed by atoms with Crippen molar-refractivity contribution in [2.75, 3.05) is 32.7 Å². The first-order valence-corrected chi connectivity index (χ1v) is 8.09. The molecule has 0 radical (unpaired) electrons. The van der Waals surface area contributed by atoms with Crippen molar-refractivity contribution in [3.8, 4) is 0 Å². The summed E-state index contributed by atoms with van der Waals surface area (Å²) in [6.07, 6.45) is -0.833. The zero-order chi connectivity index (χ0) is 18.1. The number of ether oxygens (including phenoxy) is 2. The Hall–Kier alpha value is -1.50. The zero-order valence-electron chi connectivity index (χ0n) is 15.6. The maximum absolute atomic E-state index is 11.5. The summed E-state index contributed by atoms with van der Waals surface area (Å²) in [7, 11) is 0. The lowest BCUT2D eigenvalue weighted by molar-refractivity contribution is 0.0520. The van der Waals surface area contributed by atoms with Gasteiger partial charge in [0.1, 0.15) is 11.2 Å². The fourth-order valence-electron chi connectivity index (χ4n) is 1.69. The van der Waals surface area contributed by atoms with E-state index in [1.54, 1.807) is 0 Å². The second-order valence-electron chi connectivity index (χ2n) is 7.29. The quantitative estimate of drug-likeness (QED) is 0.748. The van der Waals surface area contributed by atoms with Crippen LogP contribution in [0.3, 0.4) is 0 Å². The summed E-state index contributed by atoms with van der Waals surface area (Å²) in [6.45, 7) is 16.2. The fraction of sp³-hybridized carbons (Fsp3) is 0.875. The van der Waals surface area contributed by atoms with Crippen LogP contribution in [-0.2, 0) is 9.47 Å². The minimum absolute atomic E-state index is 0.416. The highest BCUT2D eigenvalue weighted by Gasteiger charge is 2.17. The molecule has 7 heteroatoms. The van der Waals surface area contributed by atoms with E-state index < -0.39 is 23.4 Å². The van der Waals surface area contributed by atoms with Gasteiger partial charge in [-0.25, -0.2) is 9.59 Å². The summed E-state index contributed by atoms with van der Waals surface area (Å²) in [5, 5.41) is 5.44. The van der Waals surface area contributed by atoms with Crippen LogP contribution in [0.5, 0.6) is 0 Å². The van der Waals surface area contributed by atoms with Gasteiger partial charge in [0.05, 0.1) is 0 Å². The first kappa shape index (κ1) is 21.5. The largest absolute Gasteiger partial charge is 0.444 e. The van der Waals surface area contributed by atoms with Gasteiger partial charge in [0.2, 0.25) is 0 Å². The molecule has 0 atom stereocenters. The first-order chi connectivity index (χ1) is 10.4. The smallest absolute Gasteiger partial charge is 0.407 e. The Balaban J connectivity index is 3.91. The van der Waals surface area contributed by atoms with Gasteiger partial charge in [-0.3, -0.25) is 0 Å². The number of rotatable bonds is 7. The average Bonchev–Trinajstić information content (AvgIpc) is 2.32. The molecule has 136 valence electrons. The molecule has 0 fully saturated rings. The molecule has 0 aromatic carbocycles. The van der Waals surface area contributed by atoms with Crippen LogP contribution in [0.25, 0.3) is 0 Å². The SMILES string of the molecule is CCN(CCNC(=O)OC(C)(C)C)CCNC(=O)OC(C)(C)C. The zero-order valence-corrected chi connectivity index (χ0v) is 15.6.